The van der Waals surface area contributed by atoms with E-state index in [1.54, 1.807) is 11.0 Å². The zero-order valence-corrected chi connectivity index (χ0v) is 14.2. The Morgan fingerprint density at radius 2 is 2.17 bits per heavy atom. The van der Waals surface area contributed by atoms with Crippen molar-refractivity contribution in [3.8, 4) is 0 Å². The highest BCUT2D eigenvalue weighted by Gasteiger charge is 2.10. The quantitative estimate of drug-likeness (QED) is 0.757. The van der Waals surface area contributed by atoms with E-state index in [-0.39, 0.29) is 12.1 Å². The molecule has 1 atom stereocenters. The first-order chi connectivity index (χ1) is 11.6. The number of urea groups is 1. The number of amides is 2. The van der Waals surface area contributed by atoms with Gasteiger partial charge in [-0.2, -0.15) is 5.10 Å². The maximum absolute atomic E-state index is 12.1. The van der Waals surface area contributed by atoms with Crippen LogP contribution in [-0.2, 0) is 13.1 Å². The summed E-state index contributed by atoms with van der Waals surface area (Å²) in [6.45, 7) is 7.65. The van der Waals surface area contributed by atoms with Gasteiger partial charge in [0.15, 0.2) is 0 Å². The second-order valence-corrected chi connectivity index (χ2v) is 5.92. The number of benzene rings is 1. The summed E-state index contributed by atoms with van der Waals surface area (Å²) in [6.07, 6.45) is 3.11. The van der Waals surface area contributed by atoms with E-state index >= 15 is 0 Å². The van der Waals surface area contributed by atoms with Crippen molar-refractivity contribution in [2.45, 2.75) is 39.9 Å². The number of nitrogens with zero attached hydrogens (tertiary/aromatic N) is 4. The average Bonchev–Trinajstić information content (AvgIpc) is 3.12. The van der Waals surface area contributed by atoms with Gasteiger partial charge in [0.1, 0.15) is 12.7 Å². The Morgan fingerprint density at radius 3 is 2.88 bits per heavy atom. The third-order valence-electron chi connectivity index (χ3n) is 3.99. The molecule has 0 spiro atoms. The van der Waals surface area contributed by atoms with Gasteiger partial charge in [-0.15, -0.1) is 0 Å². The molecule has 7 nitrogen and oxygen atoms in total. The Bertz CT molecular complexity index is 836. The van der Waals surface area contributed by atoms with E-state index in [0.29, 0.717) is 6.54 Å². The molecule has 1 aromatic carbocycles. The molecule has 0 aliphatic rings. The molecule has 0 aliphatic heterocycles. The van der Waals surface area contributed by atoms with Crippen LogP contribution in [0.5, 0.6) is 0 Å². The topological polar surface area (TPSA) is 76.8 Å². The molecule has 3 aromatic rings. The number of rotatable bonds is 5. The van der Waals surface area contributed by atoms with Crippen LogP contribution in [0.1, 0.15) is 19.5 Å². The first-order valence-corrected chi connectivity index (χ1v) is 8.06. The number of hydrogen-bond donors (Lipinski definition) is 2. The molecular weight excluding hydrogens is 304 g/mol. The Morgan fingerprint density at radius 1 is 1.33 bits per heavy atom. The summed E-state index contributed by atoms with van der Waals surface area (Å²) in [4.78, 5) is 16.0. The van der Waals surface area contributed by atoms with Gasteiger partial charge in [-0.3, -0.25) is 4.68 Å². The van der Waals surface area contributed by atoms with E-state index in [1.165, 1.54) is 17.5 Å². The summed E-state index contributed by atoms with van der Waals surface area (Å²) in [5.41, 5.74) is 3.18. The minimum absolute atomic E-state index is 0.0566. The summed E-state index contributed by atoms with van der Waals surface area (Å²) in [7, 11) is 0. The SMILES string of the molecule is CCn1c(C)cc2cc(NC(=O)N[C@@H](C)Cn3cncn3)ccc21. The number of aryl methyl sites for hydroxylation is 2. The third-order valence-corrected chi connectivity index (χ3v) is 3.99. The van der Waals surface area contributed by atoms with Crippen molar-refractivity contribution in [3.63, 3.8) is 0 Å². The van der Waals surface area contributed by atoms with Crippen LogP contribution in [0.4, 0.5) is 10.5 Å². The van der Waals surface area contributed by atoms with E-state index in [0.717, 1.165) is 17.6 Å². The Kier molecular flexibility index (Phi) is 4.50. The molecule has 2 aromatic heterocycles. The second-order valence-electron chi connectivity index (χ2n) is 5.92. The highest BCUT2D eigenvalue weighted by atomic mass is 16.2. The summed E-state index contributed by atoms with van der Waals surface area (Å²) in [5, 5.41) is 10.9. The van der Waals surface area contributed by atoms with Gasteiger partial charge in [-0.25, -0.2) is 9.78 Å². The number of nitrogens with one attached hydrogen (secondary N) is 2. The minimum Gasteiger partial charge on any atom is -0.345 e. The molecule has 126 valence electrons. The zero-order valence-electron chi connectivity index (χ0n) is 14.2. The first-order valence-electron chi connectivity index (χ1n) is 8.06. The van der Waals surface area contributed by atoms with E-state index < -0.39 is 0 Å². The maximum Gasteiger partial charge on any atom is 0.319 e. The van der Waals surface area contributed by atoms with Crippen LogP contribution in [0.3, 0.4) is 0 Å². The summed E-state index contributed by atoms with van der Waals surface area (Å²) >= 11 is 0. The zero-order chi connectivity index (χ0) is 17.1. The number of carbonyl (C=O) groups is 1. The lowest BCUT2D eigenvalue weighted by atomic mass is 10.2. The lowest BCUT2D eigenvalue weighted by Crippen LogP contribution is -2.38. The smallest absolute Gasteiger partial charge is 0.319 e. The van der Waals surface area contributed by atoms with Crippen LogP contribution in [0, 0.1) is 6.92 Å². The maximum atomic E-state index is 12.1. The lowest BCUT2D eigenvalue weighted by Gasteiger charge is -2.14. The van der Waals surface area contributed by atoms with Crippen LogP contribution >= 0.6 is 0 Å². The Labute approximate surface area is 140 Å². The molecule has 2 heterocycles. The summed E-state index contributed by atoms with van der Waals surface area (Å²) < 4.78 is 3.94. The van der Waals surface area contributed by atoms with E-state index in [1.807, 2.05) is 25.1 Å². The highest BCUT2D eigenvalue weighted by Crippen LogP contribution is 2.23. The summed E-state index contributed by atoms with van der Waals surface area (Å²) in [5.74, 6) is 0. The molecule has 0 fully saturated rings. The molecular formula is C17H22N6O. The molecule has 0 saturated carbocycles. The monoisotopic (exact) mass is 326 g/mol. The molecule has 24 heavy (non-hydrogen) atoms. The number of hydrogen-bond acceptors (Lipinski definition) is 3. The van der Waals surface area contributed by atoms with Gasteiger partial charge in [0.25, 0.3) is 0 Å². The van der Waals surface area contributed by atoms with Gasteiger partial charge < -0.3 is 15.2 Å². The molecule has 7 heteroatoms. The van der Waals surface area contributed by atoms with Gasteiger partial charge in [0.05, 0.1) is 6.54 Å². The molecule has 0 aliphatic carbocycles. The van der Waals surface area contributed by atoms with Crippen LogP contribution in [0.25, 0.3) is 10.9 Å². The third kappa shape index (κ3) is 3.40. The molecule has 3 rings (SSSR count). The van der Waals surface area contributed by atoms with Crippen molar-refractivity contribution in [2.75, 3.05) is 5.32 Å². The van der Waals surface area contributed by atoms with Crippen LogP contribution in [-0.4, -0.2) is 31.4 Å². The van der Waals surface area contributed by atoms with Gasteiger partial charge in [0, 0.05) is 34.9 Å². The fraction of sp³-hybridized carbons (Fsp3) is 0.353. The fourth-order valence-electron chi connectivity index (χ4n) is 2.95. The Balaban J connectivity index is 1.64. The molecule has 2 amide bonds. The van der Waals surface area contributed by atoms with Crippen molar-refractivity contribution in [1.82, 2.24) is 24.6 Å². The van der Waals surface area contributed by atoms with E-state index in [9.17, 15) is 4.79 Å². The van der Waals surface area contributed by atoms with Crippen molar-refractivity contribution in [3.05, 3.63) is 42.6 Å². The standard InChI is InChI=1S/C17H22N6O/c1-4-23-13(3)7-14-8-15(5-6-16(14)23)21-17(24)20-12(2)9-22-11-18-10-19-22/h5-8,10-12H,4,9H2,1-3H3,(H2,20,21,24)/t12-/m0/s1. The van der Waals surface area contributed by atoms with Crippen molar-refractivity contribution >= 4 is 22.6 Å². The number of aromatic nitrogens is 4. The molecule has 0 saturated heterocycles. The number of fused-ring (bicyclic) bond motifs is 1. The van der Waals surface area contributed by atoms with Crippen molar-refractivity contribution < 1.29 is 4.79 Å². The predicted molar refractivity (Wildman–Crippen MR) is 94.0 cm³/mol. The summed E-state index contributed by atoms with van der Waals surface area (Å²) in [6, 6.07) is 7.81. The minimum atomic E-state index is -0.228. The molecule has 0 bridgehead atoms. The number of anilines is 1. The fourth-order valence-corrected chi connectivity index (χ4v) is 2.95. The van der Waals surface area contributed by atoms with Crippen LogP contribution in [0.15, 0.2) is 36.9 Å². The van der Waals surface area contributed by atoms with E-state index in [4.69, 9.17) is 0 Å². The second kappa shape index (κ2) is 6.74. The van der Waals surface area contributed by atoms with Gasteiger partial charge in [0.2, 0.25) is 0 Å². The van der Waals surface area contributed by atoms with Crippen LogP contribution in [0.2, 0.25) is 0 Å². The van der Waals surface area contributed by atoms with E-state index in [2.05, 4.69) is 45.2 Å². The van der Waals surface area contributed by atoms with Crippen molar-refractivity contribution in [2.24, 2.45) is 0 Å². The van der Waals surface area contributed by atoms with Gasteiger partial charge in [-0.05, 0) is 45.0 Å². The molecule has 0 radical (unpaired) electrons. The first kappa shape index (κ1) is 16.0. The van der Waals surface area contributed by atoms with Crippen molar-refractivity contribution in [1.29, 1.82) is 0 Å². The van der Waals surface area contributed by atoms with Gasteiger partial charge in [-0.1, -0.05) is 0 Å². The normalized spacial score (nSPS) is 12.3. The van der Waals surface area contributed by atoms with Gasteiger partial charge >= 0.3 is 6.03 Å². The predicted octanol–water partition coefficient (Wildman–Crippen LogP) is 2.77. The largest absolute Gasteiger partial charge is 0.345 e. The molecule has 0 unspecified atom stereocenters. The van der Waals surface area contributed by atoms with Crippen LogP contribution < -0.4 is 10.6 Å². The highest BCUT2D eigenvalue weighted by molar-refractivity contribution is 5.93. The average molecular weight is 326 g/mol. The lowest BCUT2D eigenvalue weighted by molar-refractivity contribution is 0.247. The molecule has 2 N–H and O–H groups in total. The number of carbonyl (C=O) groups excluding carboxylic acids is 1. The Hall–Kier alpha value is -2.83.